The molecule has 0 amide bonds. The fourth-order valence-electron chi connectivity index (χ4n) is 2.49. The normalized spacial score (nSPS) is 24.9. The highest BCUT2D eigenvalue weighted by atomic mass is 16.5. The van der Waals surface area contributed by atoms with Crippen LogP contribution in [0.2, 0.25) is 0 Å². The summed E-state index contributed by atoms with van der Waals surface area (Å²) < 4.78 is 6.01. The second kappa shape index (κ2) is 4.72. The zero-order chi connectivity index (χ0) is 12.5. The van der Waals surface area contributed by atoms with Gasteiger partial charge in [0.05, 0.1) is 6.10 Å². The van der Waals surface area contributed by atoms with E-state index >= 15 is 0 Å². The third kappa shape index (κ3) is 3.24. The Morgan fingerprint density at radius 2 is 1.71 bits per heavy atom. The largest absolute Gasteiger partial charge is 0.490 e. The van der Waals surface area contributed by atoms with Gasteiger partial charge in [-0.05, 0) is 48.3 Å². The summed E-state index contributed by atoms with van der Waals surface area (Å²) in [6, 6.07) is 8.61. The van der Waals surface area contributed by atoms with Crippen LogP contribution in [0.1, 0.15) is 52.5 Å². The van der Waals surface area contributed by atoms with E-state index in [1.807, 2.05) is 0 Å². The molecular formula is C16H24O. The van der Waals surface area contributed by atoms with Crippen molar-refractivity contribution >= 4 is 0 Å². The third-order valence-electron chi connectivity index (χ3n) is 3.67. The van der Waals surface area contributed by atoms with Crippen LogP contribution in [0.4, 0.5) is 0 Å². The van der Waals surface area contributed by atoms with Crippen molar-refractivity contribution in [2.75, 3.05) is 0 Å². The Bertz CT molecular complexity index is 358. The van der Waals surface area contributed by atoms with Crippen LogP contribution in [0.25, 0.3) is 0 Å². The molecule has 0 aromatic heterocycles. The molecule has 1 nitrogen and oxygen atoms in total. The van der Waals surface area contributed by atoms with E-state index < -0.39 is 0 Å². The minimum atomic E-state index is 0.223. The van der Waals surface area contributed by atoms with Gasteiger partial charge in [-0.2, -0.15) is 0 Å². The Morgan fingerprint density at radius 3 is 2.18 bits per heavy atom. The van der Waals surface area contributed by atoms with E-state index in [1.165, 1.54) is 24.8 Å². The summed E-state index contributed by atoms with van der Waals surface area (Å²) in [7, 11) is 0. The van der Waals surface area contributed by atoms with E-state index in [1.54, 1.807) is 0 Å². The quantitative estimate of drug-likeness (QED) is 0.726. The minimum Gasteiger partial charge on any atom is -0.490 e. The summed E-state index contributed by atoms with van der Waals surface area (Å²) in [5.74, 6) is 1.85. The Hall–Kier alpha value is -0.980. The van der Waals surface area contributed by atoms with Crippen LogP contribution in [0.5, 0.6) is 5.75 Å². The summed E-state index contributed by atoms with van der Waals surface area (Å²) in [5, 5.41) is 0. The van der Waals surface area contributed by atoms with Crippen molar-refractivity contribution in [1.29, 1.82) is 0 Å². The van der Waals surface area contributed by atoms with Crippen LogP contribution in [0, 0.1) is 5.92 Å². The molecule has 0 heterocycles. The van der Waals surface area contributed by atoms with E-state index in [2.05, 4.69) is 52.0 Å². The highest BCUT2D eigenvalue weighted by Crippen LogP contribution is 2.30. The van der Waals surface area contributed by atoms with E-state index in [4.69, 9.17) is 4.74 Å². The van der Waals surface area contributed by atoms with Crippen molar-refractivity contribution in [3.8, 4) is 5.75 Å². The molecule has 1 heteroatoms. The molecule has 0 saturated heterocycles. The van der Waals surface area contributed by atoms with Crippen molar-refractivity contribution in [3.05, 3.63) is 29.8 Å². The van der Waals surface area contributed by atoms with Gasteiger partial charge in [-0.15, -0.1) is 0 Å². The summed E-state index contributed by atoms with van der Waals surface area (Å²) >= 11 is 0. The molecule has 2 atom stereocenters. The Labute approximate surface area is 105 Å². The molecule has 0 bridgehead atoms. The van der Waals surface area contributed by atoms with Crippen molar-refractivity contribution < 1.29 is 4.74 Å². The lowest BCUT2D eigenvalue weighted by molar-refractivity contribution is 0.205. The highest BCUT2D eigenvalue weighted by molar-refractivity contribution is 5.31. The van der Waals surface area contributed by atoms with Crippen LogP contribution in [-0.2, 0) is 5.41 Å². The van der Waals surface area contributed by atoms with Crippen LogP contribution in [-0.4, -0.2) is 6.10 Å². The van der Waals surface area contributed by atoms with E-state index in [0.717, 1.165) is 11.7 Å². The van der Waals surface area contributed by atoms with Crippen LogP contribution in [0.15, 0.2) is 24.3 Å². The van der Waals surface area contributed by atoms with Gasteiger partial charge in [-0.1, -0.05) is 39.8 Å². The number of hydrogen-bond acceptors (Lipinski definition) is 1. The van der Waals surface area contributed by atoms with E-state index in [0.29, 0.717) is 6.10 Å². The first-order valence-electron chi connectivity index (χ1n) is 6.72. The molecule has 0 N–H and O–H groups in total. The summed E-state index contributed by atoms with van der Waals surface area (Å²) in [6.45, 7) is 9.02. The van der Waals surface area contributed by atoms with Gasteiger partial charge in [-0.25, -0.2) is 0 Å². The lowest BCUT2D eigenvalue weighted by Crippen LogP contribution is -2.13. The lowest BCUT2D eigenvalue weighted by atomic mass is 9.87. The maximum Gasteiger partial charge on any atom is 0.119 e. The molecule has 1 saturated carbocycles. The number of hydrogen-bond donors (Lipinski definition) is 0. The molecule has 1 aliphatic rings. The summed E-state index contributed by atoms with van der Waals surface area (Å²) in [4.78, 5) is 0. The van der Waals surface area contributed by atoms with Gasteiger partial charge in [0.2, 0.25) is 0 Å². The fraction of sp³-hybridized carbons (Fsp3) is 0.625. The van der Waals surface area contributed by atoms with Crippen molar-refractivity contribution in [3.63, 3.8) is 0 Å². The van der Waals surface area contributed by atoms with Gasteiger partial charge in [0.15, 0.2) is 0 Å². The van der Waals surface area contributed by atoms with Gasteiger partial charge < -0.3 is 4.74 Å². The molecule has 1 aliphatic carbocycles. The van der Waals surface area contributed by atoms with E-state index in [-0.39, 0.29) is 5.41 Å². The maximum absolute atomic E-state index is 6.01. The molecule has 94 valence electrons. The van der Waals surface area contributed by atoms with Gasteiger partial charge in [0.25, 0.3) is 0 Å². The van der Waals surface area contributed by atoms with Crippen LogP contribution >= 0.6 is 0 Å². The monoisotopic (exact) mass is 232 g/mol. The predicted octanol–water partition coefficient (Wildman–Crippen LogP) is 4.55. The Kier molecular flexibility index (Phi) is 3.46. The van der Waals surface area contributed by atoms with Crippen molar-refractivity contribution in [1.82, 2.24) is 0 Å². The topological polar surface area (TPSA) is 9.23 Å². The smallest absolute Gasteiger partial charge is 0.119 e. The lowest BCUT2D eigenvalue weighted by Gasteiger charge is -2.20. The molecule has 2 rings (SSSR count). The molecule has 17 heavy (non-hydrogen) atoms. The molecule has 0 spiro atoms. The number of ether oxygens (including phenoxy) is 1. The molecule has 1 fully saturated rings. The molecule has 1 aromatic carbocycles. The Balaban J connectivity index is 1.99. The highest BCUT2D eigenvalue weighted by Gasteiger charge is 2.22. The van der Waals surface area contributed by atoms with Crippen LogP contribution < -0.4 is 4.74 Å². The second-order valence-corrected chi connectivity index (χ2v) is 6.43. The molecule has 1 aromatic rings. The maximum atomic E-state index is 6.01. The van der Waals surface area contributed by atoms with E-state index in [9.17, 15) is 0 Å². The summed E-state index contributed by atoms with van der Waals surface area (Å²) in [5.41, 5.74) is 1.59. The average Bonchev–Trinajstić information content (AvgIpc) is 2.63. The Morgan fingerprint density at radius 1 is 1.06 bits per heavy atom. The fourth-order valence-corrected chi connectivity index (χ4v) is 2.49. The first-order valence-corrected chi connectivity index (χ1v) is 6.72. The number of benzene rings is 1. The van der Waals surface area contributed by atoms with Gasteiger partial charge in [0, 0.05) is 0 Å². The van der Waals surface area contributed by atoms with Gasteiger partial charge in [0.1, 0.15) is 5.75 Å². The number of rotatable bonds is 2. The van der Waals surface area contributed by atoms with Gasteiger partial charge >= 0.3 is 0 Å². The van der Waals surface area contributed by atoms with Crippen molar-refractivity contribution in [2.45, 2.75) is 58.5 Å². The molecule has 0 radical (unpaired) electrons. The minimum absolute atomic E-state index is 0.223. The molecule has 0 aliphatic heterocycles. The molecule has 2 unspecified atom stereocenters. The van der Waals surface area contributed by atoms with Gasteiger partial charge in [-0.3, -0.25) is 0 Å². The summed E-state index contributed by atoms with van der Waals surface area (Å²) in [6.07, 6.45) is 4.17. The second-order valence-electron chi connectivity index (χ2n) is 6.43. The third-order valence-corrected chi connectivity index (χ3v) is 3.67. The van der Waals surface area contributed by atoms with Crippen LogP contribution in [0.3, 0.4) is 0 Å². The molecular weight excluding hydrogens is 208 g/mol. The first kappa shape index (κ1) is 12.5. The predicted molar refractivity (Wildman–Crippen MR) is 72.6 cm³/mol. The standard InChI is InChI=1S/C16H24O/c1-12-5-8-15(11-12)17-14-9-6-13(7-10-14)16(2,3)4/h6-7,9-10,12,15H,5,8,11H2,1-4H3. The first-order chi connectivity index (χ1) is 7.95. The zero-order valence-corrected chi connectivity index (χ0v) is 11.5. The van der Waals surface area contributed by atoms with Crippen molar-refractivity contribution in [2.24, 2.45) is 5.92 Å². The average molecular weight is 232 g/mol. The SMILES string of the molecule is CC1CCC(Oc2ccc(C(C)(C)C)cc2)C1. The zero-order valence-electron chi connectivity index (χ0n) is 11.5.